The van der Waals surface area contributed by atoms with E-state index in [4.69, 9.17) is 0 Å². The van der Waals surface area contributed by atoms with Crippen molar-refractivity contribution in [2.24, 2.45) is 0 Å². The number of anilines is 1. The van der Waals surface area contributed by atoms with Gasteiger partial charge < -0.3 is 9.64 Å². The summed E-state index contributed by atoms with van der Waals surface area (Å²) < 4.78 is 80.7. The first kappa shape index (κ1) is 19.4. The van der Waals surface area contributed by atoms with Crippen LogP contribution in [-0.4, -0.2) is 45.3 Å². The Labute approximate surface area is 153 Å². The predicted molar refractivity (Wildman–Crippen MR) is 90.5 cm³/mol. The van der Waals surface area contributed by atoms with Crippen molar-refractivity contribution in [3.05, 3.63) is 54.3 Å². The highest BCUT2D eigenvalue weighted by Gasteiger charge is 2.32. The van der Waals surface area contributed by atoms with Gasteiger partial charge in [0.05, 0.1) is 10.6 Å². The van der Waals surface area contributed by atoms with Gasteiger partial charge in [0, 0.05) is 26.2 Å². The molecule has 3 rings (SSSR count). The van der Waals surface area contributed by atoms with Crippen molar-refractivity contribution in [1.29, 1.82) is 0 Å². The first-order chi connectivity index (χ1) is 12.7. The maximum Gasteiger partial charge on any atom is 0.573 e. The highest BCUT2D eigenvalue weighted by molar-refractivity contribution is 7.89. The third-order valence-corrected chi connectivity index (χ3v) is 6.04. The van der Waals surface area contributed by atoms with Gasteiger partial charge in [-0.15, -0.1) is 13.2 Å². The van der Waals surface area contributed by atoms with Crippen molar-refractivity contribution in [3.63, 3.8) is 0 Å². The molecule has 1 saturated heterocycles. The van der Waals surface area contributed by atoms with E-state index in [0.717, 1.165) is 24.3 Å². The molecule has 0 N–H and O–H groups in total. The van der Waals surface area contributed by atoms with E-state index in [9.17, 15) is 26.0 Å². The summed E-state index contributed by atoms with van der Waals surface area (Å²) >= 11 is 0. The van der Waals surface area contributed by atoms with Crippen LogP contribution in [0.5, 0.6) is 5.75 Å². The number of para-hydroxylation sites is 1. The summed E-state index contributed by atoms with van der Waals surface area (Å²) in [6.07, 6.45) is -4.84. The van der Waals surface area contributed by atoms with E-state index in [1.807, 2.05) is 0 Å². The van der Waals surface area contributed by atoms with Crippen LogP contribution in [0.3, 0.4) is 0 Å². The van der Waals surface area contributed by atoms with Crippen molar-refractivity contribution in [2.45, 2.75) is 11.3 Å². The fourth-order valence-corrected chi connectivity index (χ4v) is 4.26. The van der Waals surface area contributed by atoms with Gasteiger partial charge in [-0.25, -0.2) is 12.8 Å². The average Bonchev–Trinajstić information content (AvgIpc) is 2.61. The van der Waals surface area contributed by atoms with Gasteiger partial charge in [0.15, 0.2) is 0 Å². The zero-order valence-electron chi connectivity index (χ0n) is 14.0. The van der Waals surface area contributed by atoms with E-state index in [2.05, 4.69) is 4.74 Å². The van der Waals surface area contributed by atoms with Crippen LogP contribution in [-0.2, 0) is 10.0 Å². The lowest BCUT2D eigenvalue weighted by atomic mass is 10.2. The number of sulfonamides is 1. The maximum absolute atomic E-state index is 13.9. The minimum absolute atomic E-state index is 0.128. The van der Waals surface area contributed by atoms with E-state index >= 15 is 0 Å². The van der Waals surface area contributed by atoms with Crippen LogP contribution in [0.1, 0.15) is 0 Å². The van der Waals surface area contributed by atoms with Crippen molar-refractivity contribution >= 4 is 15.7 Å². The van der Waals surface area contributed by atoms with Crippen LogP contribution in [0.15, 0.2) is 53.4 Å². The average molecular weight is 404 g/mol. The molecular formula is C17H16F4N2O3S. The second-order valence-corrected chi connectivity index (χ2v) is 7.80. The molecule has 1 heterocycles. The quantitative estimate of drug-likeness (QED) is 0.735. The summed E-state index contributed by atoms with van der Waals surface area (Å²) in [6.45, 7) is 0.875. The largest absolute Gasteiger partial charge is 0.573 e. The Balaban J connectivity index is 1.69. The molecule has 1 fully saturated rings. The molecule has 1 aliphatic rings. The lowest BCUT2D eigenvalue weighted by Crippen LogP contribution is -2.48. The molecule has 0 saturated carbocycles. The number of hydrogen-bond donors (Lipinski definition) is 0. The summed E-state index contributed by atoms with van der Waals surface area (Å²) in [6, 6.07) is 10.3. The van der Waals surface area contributed by atoms with Crippen LogP contribution in [0.4, 0.5) is 23.2 Å². The van der Waals surface area contributed by atoms with Gasteiger partial charge in [-0.3, -0.25) is 0 Å². The monoisotopic (exact) mass is 404 g/mol. The Hall–Kier alpha value is -2.33. The van der Waals surface area contributed by atoms with Gasteiger partial charge in [-0.1, -0.05) is 12.1 Å². The summed E-state index contributed by atoms with van der Waals surface area (Å²) in [4.78, 5) is 1.62. The number of alkyl halides is 3. The molecule has 0 amide bonds. The Morgan fingerprint density at radius 3 is 2.04 bits per heavy atom. The minimum atomic E-state index is -4.84. The lowest BCUT2D eigenvalue weighted by molar-refractivity contribution is -0.274. The summed E-state index contributed by atoms with van der Waals surface area (Å²) in [5.74, 6) is -0.875. The predicted octanol–water partition coefficient (Wildman–Crippen LogP) is 3.24. The highest BCUT2D eigenvalue weighted by Crippen LogP contribution is 2.26. The molecule has 0 unspecified atom stereocenters. The van der Waals surface area contributed by atoms with Gasteiger partial charge >= 0.3 is 6.36 Å². The number of piperazine rings is 1. The maximum atomic E-state index is 13.9. The van der Waals surface area contributed by atoms with Crippen LogP contribution in [0.2, 0.25) is 0 Å². The normalized spacial score (nSPS) is 16.4. The molecule has 1 aliphatic heterocycles. The van der Waals surface area contributed by atoms with Crippen LogP contribution < -0.4 is 9.64 Å². The SMILES string of the molecule is O=S(=O)(c1ccc(OC(F)(F)F)cc1)N1CCN(c2ccccc2F)CC1. The molecule has 2 aromatic carbocycles. The second kappa shape index (κ2) is 7.35. The van der Waals surface area contributed by atoms with E-state index in [1.54, 1.807) is 23.1 Å². The second-order valence-electron chi connectivity index (χ2n) is 5.86. The molecule has 0 bridgehead atoms. The standard InChI is InChI=1S/C17H16F4N2O3S/c18-15-3-1-2-4-16(15)22-9-11-23(12-10-22)27(24,25)14-7-5-13(6-8-14)26-17(19,20)21/h1-8H,9-12H2. The number of rotatable bonds is 4. The Bertz CT molecular complexity index is 893. The van der Waals surface area contributed by atoms with Gasteiger partial charge in [0.1, 0.15) is 11.6 Å². The Kier molecular flexibility index (Phi) is 5.29. The third kappa shape index (κ3) is 4.51. The molecule has 0 aliphatic carbocycles. The third-order valence-electron chi connectivity index (χ3n) is 4.13. The molecule has 2 aromatic rings. The minimum Gasteiger partial charge on any atom is -0.406 e. The smallest absolute Gasteiger partial charge is 0.406 e. The van der Waals surface area contributed by atoms with E-state index < -0.39 is 22.1 Å². The molecule has 0 spiro atoms. The van der Waals surface area contributed by atoms with Crippen molar-refractivity contribution in [2.75, 3.05) is 31.1 Å². The van der Waals surface area contributed by atoms with E-state index in [1.165, 1.54) is 10.4 Å². The van der Waals surface area contributed by atoms with Crippen molar-refractivity contribution in [1.82, 2.24) is 4.31 Å². The van der Waals surface area contributed by atoms with Gasteiger partial charge in [-0.2, -0.15) is 4.31 Å². The molecular weight excluding hydrogens is 388 g/mol. The van der Waals surface area contributed by atoms with Gasteiger partial charge in [-0.05, 0) is 36.4 Å². The number of nitrogens with zero attached hydrogens (tertiary/aromatic N) is 2. The van der Waals surface area contributed by atoms with Crippen LogP contribution in [0.25, 0.3) is 0 Å². The fraction of sp³-hybridized carbons (Fsp3) is 0.294. The molecule has 0 radical (unpaired) electrons. The van der Waals surface area contributed by atoms with Crippen LogP contribution in [0, 0.1) is 5.82 Å². The fourth-order valence-electron chi connectivity index (χ4n) is 2.84. The summed E-state index contributed by atoms with van der Waals surface area (Å²) in [5, 5.41) is 0. The molecule has 0 aromatic heterocycles. The van der Waals surface area contributed by atoms with Crippen molar-refractivity contribution in [3.8, 4) is 5.75 Å². The van der Waals surface area contributed by atoms with E-state index in [0.29, 0.717) is 18.8 Å². The summed E-state index contributed by atoms with van der Waals surface area (Å²) in [5.41, 5.74) is 0.406. The number of halogens is 4. The first-order valence-corrected chi connectivity index (χ1v) is 9.46. The molecule has 5 nitrogen and oxygen atoms in total. The number of benzene rings is 2. The lowest BCUT2D eigenvalue weighted by Gasteiger charge is -2.35. The topological polar surface area (TPSA) is 49.9 Å². The zero-order chi connectivity index (χ0) is 19.7. The van der Waals surface area contributed by atoms with Gasteiger partial charge in [0.25, 0.3) is 0 Å². The summed E-state index contributed by atoms with van der Waals surface area (Å²) in [7, 11) is -3.86. The Morgan fingerprint density at radius 2 is 1.48 bits per heavy atom. The number of hydrogen-bond acceptors (Lipinski definition) is 4. The molecule has 146 valence electrons. The molecule has 27 heavy (non-hydrogen) atoms. The van der Waals surface area contributed by atoms with E-state index in [-0.39, 0.29) is 23.8 Å². The first-order valence-electron chi connectivity index (χ1n) is 8.02. The molecule has 10 heteroatoms. The Morgan fingerprint density at radius 1 is 0.889 bits per heavy atom. The van der Waals surface area contributed by atoms with Crippen LogP contribution >= 0.6 is 0 Å². The zero-order valence-corrected chi connectivity index (χ0v) is 14.8. The highest BCUT2D eigenvalue weighted by atomic mass is 32.2. The van der Waals surface area contributed by atoms with Gasteiger partial charge in [0.2, 0.25) is 10.0 Å². The van der Waals surface area contributed by atoms with Crippen molar-refractivity contribution < 1.29 is 30.7 Å². The number of ether oxygens (including phenoxy) is 1. The molecule has 0 atom stereocenters.